The van der Waals surface area contributed by atoms with Gasteiger partial charge < -0.3 is 9.80 Å². The summed E-state index contributed by atoms with van der Waals surface area (Å²) in [5.41, 5.74) is 1.15. The molecule has 1 saturated heterocycles. The van der Waals surface area contributed by atoms with Gasteiger partial charge in [0.1, 0.15) is 5.84 Å². The fourth-order valence-electron chi connectivity index (χ4n) is 1.98. The van der Waals surface area contributed by atoms with Gasteiger partial charge in [-0.2, -0.15) is 0 Å². The second-order valence-electron chi connectivity index (χ2n) is 4.54. The van der Waals surface area contributed by atoms with Crippen LogP contribution in [0.15, 0.2) is 24.3 Å². The van der Waals surface area contributed by atoms with E-state index in [1.54, 1.807) is 0 Å². The largest absolute Gasteiger partial charge is 0.358 e. The highest BCUT2D eigenvalue weighted by Gasteiger charge is 2.16. The van der Waals surface area contributed by atoms with Gasteiger partial charge in [0.25, 0.3) is 0 Å². The number of hydrogen-bond acceptors (Lipinski definition) is 2. The number of halogens is 1. The lowest BCUT2D eigenvalue weighted by molar-refractivity contribution is 0.213. The molecule has 0 saturated carbocycles. The molecule has 0 aliphatic carbocycles. The highest BCUT2D eigenvalue weighted by molar-refractivity contribution is 6.30. The van der Waals surface area contributed by atoms with Gasteiger partial charge in [0, 0.05) is 37.6 Å². The lowest BCUT2D eigenvalue weighted by Gasteiger charge is -2.34. The monoisotopic (exact) mass is 251 g/mol. The van der Waals surface area contributed by atoms with Crippen LogP contribution in [0, 0.1) is 5.41 Å². The van der Waals surface area contributed by atoms with Crippen molar-refractivity contribution in [2.75, 3.05) is 33.2 Å². The Morgan fingerprint density at radius 1 is 1.18 bits per heavy atom. The van der Waals surface area contributed by atoms with Crippen LogP contribution in [0.3, 0.4) is 0 Å². The fourth-order valence-corrected chi connectivity index (χ4v) is 2.11. The number of likely N-dealkylation sites (N-methyl/N-ethyl adjacent to an activating group) is 1. The molecule has 4 heteroatoms. The zero-order valence-electron chi connectivity index (χ0n) is 10.1. The molecule has 1 N–H and O–H groups in total. The van der Waals surface area contributed by atoms with Crippen molar-refractivity contribution in [1.82, 2.24) is 9.80 Å². The van der Waals surface area contributed by atoms with Crippen molar-refractivity contribution in [1.29, 1.82) is 5.41 Å². The average Bonchev–Trinajstić information content (AvgIpc) is 2.33. The molecular formula is C13H18ClN3. The van der Waals surface area contributed by atoms with E-state index >= 15 is 0 Å². The number of nitrogens with zero attached hydrogens (tertiary/aromatic N) is 2. The van der Waals surface area contributed by atoms with Gasteiger partial charge in [-0.3, -0.25) is 5.41 Å². The highest BCUT2D eigenvalue weighted by Crippen LogP contribution is 2.11. The second-order valence-corrected chi connectivity index (χ2v) is 4.98. The van der Waals surface area contributed by atoms with Gasteiger partial charge in [-0.25, -0.2) is 0 Å². The number of rotatable bonds is 2. The Hall–Kier alpha value is -1.06. The molecule has 2 rings (SSSR count). The standard InChI is InChI=1S/C13H18ClN3/c1-16-6-8-17(9-7-16)13(15)10-11-2-4-12(14)5-3-11/h2-5,15H,6-10H2,1H3. The van der Waals surface area contributed by atoms with Crippen molar-refractivity contribution in [3.8, 4) is 0 Å². The number of hydrogen-bond donors (Lipinski definition) is 1. The van der Waals surface area contributed by atoms with Crippen LogP contribution in [0.4, 0.5) is 0 Å². The van der Waals surface area contributed by atoms with Gasteiger partial charge in [0.15, 0.2) is 0 Å². The Morgan fingerprint density at radius 3 is 2.35 bits per heavy atom. The molecule has 1 fully saturated rings. The Balaban J connectivity index is 1.90. The topological polar surface area (TPSA) is 30.3 Å². The zero-order chi connectivity index (χ0) is 12.3. The van der Waals surface area contributed by atoms with Crippen molar-refractivity contribution in [3.05, 3.63) is 34.9 Å². The molecule has 1 aliphatic heterocycles. The first-order valence-corrected chi connectivity index (χ1v) is 6.28. The van der Waals surface area contributed by atoms with E-state index in [1.807, 2.05) is 24.3 Å². The number of nitrogens with one attached hydrogen (secondary N) is 1. The molecule has 0 aromatic heterocycles. The summed E-state index contributed by atoms with van der Waals surface area (Å²) in [6, 6.07) is 7.75. The molecular weight excluding hydrogens is 234 g/mol. The van der Waals surface area contributed by atoms with Gasteiger partial charge in [0.2, 0.25) is 0 Å². The van der Waals surface area contributed by atoms with Gasteiger partial charge in [-0.15, -0.1) is 0 Å². The van der Waals surface area contributed by atoms with Crippen molar-refractivity contribution in [3.63, 3.8) is 0 Å². The molecule has 0 unspecified atom stereocenters. The highest BCUT2D eigenvalue weighted by atomic mass is 35.5. The molecule has 0 radical (unpaired) electrons. The molecule has 0 bridgehead atoms. The van der Waals surface area contributed by atoms with Gasteiger partial charge in [-0.1, -0.05) is 23.7 Å². The molecule has 0 amide bonds. The van der Waals surface area contributed by atoms with Crippen LogP contribution < -0.4 is 0 Å². The summed E-state index contributed by atoms with van der Waals surface area (Å²) >= 11 is 5.84. The summed E-state index contributed by atoms with van der Waals surface area (Å²) in [5.74, 6) is 0.709. The third-order valence-electron chi connectivity index (χ3n) is 3.17. The third-order valence-corrected chi connectivity index (χ3v) is 3.42. The molecule has 1 heterocycles. The van der Waals surface area contributed by atoms with Crippen molar-refractivity contribution < 1.29 is 0 Å². The SMILES string of the molecule is CN1CCN(C(=N)Cc2ccc(Cl)cc2)CC1. The van der Waals surface area contributed by atoms with Crippen LogP contribution in [-0.2, 0) is 6.42 Å². The minimum Gasteiger partial charge on any atom is -0.358 e. The van der Waals surface area contributed by atoms with Crippen LogP contribution in [0.1, 0.15) is 5.56 Å². The molecule has 92 valence electrons. The second kappa shape index (κ2) is 5.52. The fraction of sp³-hybridized carbons (Fsp3) is 0.462. The summed E-state index contributed by atoms with van der Waals surface area (Å²) in [6.45, 7) is 4.01. The van der Waals surface area contributed by atoms with Crippen molar-refractivity contribution in [2.45, 2.75) is 6.42 Å². The Morgan fingerprint density at radius 2 is 1.76 bits per heavy atom. The van der Waals surface area contributed by atoms with E-state index in [9.17, 15) is 0 Å². The molecule has 0 spiro atoms. The van der Waals surface area contributed by atoms with E-state index in [-0.39, 0.29) is 0 Å². The van der Waals surface area contributed by atoms with Crippen molar-refractivity contribution in [2.24, 2.45) is 0 Å². The summed E-state index contributed by atoms with van der Waals surface area (Å²) in [6.07, 6.45) is 0.695. The smallest absolute Gasteiger partial charge is 0.100 e. The number of benzene rings is 1. The van der Waals surface area contributed by atoms with Crippen LogP contribution in [-0.4, -0.2) is 48.9 Å². The first-order chi connectivity index (χ1) is 8.15. The van der Waals surface area contributed by atoms with Crippen LogP contribution >= 0.6 is 11.6 Å². The molecule has 3 nitrogen and oxygen atoms in total. The van der Waals surface area contributed by atoms with E-state index in [0.717, 1.165) is 36.8 Å². The summed E-state index contributed by atoms with van der Waals surface area (Å²) in [4.78, 5) is 4.46. The lowest BCUT2D eigenvalue weighted by Crippen LogP contribution is -2.47. The van der Waals surface area contributed by atoms with Crippen LogP contribution in [0.25, 0.3) is 0 Å². The quantitative estimate of drug-likeness (QED) is 0.645. The Labute approximate surface area is 107 Å². The third kappa shape index (κ3) is 3.45. The summed E-state index contributed by atoms with van der Waals surface area (Å²) < 4.78 is 0. The van der Waals surface area contributed by atoms with Crippen LogP contribution in [0.5, 0.6) is 0 Å². The first-order valence-electron chi connectivity index (χ1n) is 5.90. The average molecular weight is 252 g/mol. The Bertz CT molecular complexity index is 380. The number of amidine groups is 1. The van der Waals surface area contributed by atoms with Gasteiger partial charge >= 0.3 is 0 Å². The van der Waals surface area contributed by atoms with Gasteiger partial charge in [-0.05, 0) is 24.7 Å². The van der Waals surface area contributed by atoms with E-state index in [0.29, 0.717) is 12.3 Å². The molecule has 17 heavy (non-hydrogen) atoms. The van der Waals surface area contributed by atoms with Crippen molar-refractivity contribution >= 4 is 17.4 Å². The Kier molecular flexibility index (Phi) is 4.02. The summed E-state index contributed by atoms with van der Waals surface area (Å²) in [7, 11) is 2.13. The van der Waals surface area contributed by atoms with Crippen LogP contribution in [0.2, 0.25) is 5.02 Å². The minimum absolute atomic E-state index is 0.695. The molecule has 1 aliphatic rings. The first kappa shape index (κ1) is 12.4. The maximum Gasteiger partial charge on any atom is 0.100 e. The maximum absolute atomic E-state index is 8.11. The molecule has 0 atom stereocenters. The summed E-state index contributed by atoms with van der Waals surface area (Å²) in [5, 5.41) is 8.86. The van der Waals surface area contributed by atoms with E-state index < -0.39 is 0 Å². The van der Waals surface area contributed by atoms with Gasteiger partial charge in [0.05, 0.1) is 0 Å². The predicted molar refractivity (Wildman–Crippen MR) is 72.0 cm³/mol. The lowest BCUT2D eigenvalue weighted by atomic mass is 10.1. The molecule has 1 aromatic carbocycles. The maximum atomic E-state index is 8.11. The normalized spacial score (nSPS) is 17.2. The van der Waals surface area contributed by atoms with E-state index in [2.05, 4.69) is 16.8 Å². The predicted octanol–water partition coefficient (Wildman–Crippen LogP) is 2.11. The van der Waals surface area contributed by atoms with E-state index in [4.69, 9.17) is 17.0 Å². The minimum atomic E-state index is 0.695. The van der Waals surface area contributed by atoms with E-state index in [1.165, 1.54) is 0 Å². The number of piperazine rings is 1. The zero-order valence-corrected chi connectivity index (χ0v) is 10.9. The molecule has 1 aromatic rings.